The monoisotopic (exact) mass is 353 g/mol. The lowest BCUT2D eigenvalue weighted by atomic mass is 9.98. The maximum absolute atomic E-state index is 13.0. The molecule has 0 saturated carbocycles. The topological polar surface area (TPSA) is 42.8 Å². The van der Waals surface area contributed by atoms with Crippen LogP contribution in [0.15, 0.2) is 60.7 Å². The van der Waals surface area contributed by atoms with Crippen LogP contribution in [0.2, 0.25) is 0 Å². The molecule has 3 rings (SSSR count). The molecular formula is C22H29N2O2+. The predicted molar refractivity (Wildman–Crippen MR) is 103 cm³/mol. The molecule has 1 aliphatic heterocycles. The molecule has 2 N–H and O–H groups in total. The normalized spacial score (nSPS) is 24.2. The third-order valence-electron chi connectivity index (χ3n) is 5.12. The van der Waals surface area contributed by atoms with E-state index in [1.807, 2.05) is 43.3 Å². The largest absolute Gasteiger partial charge is 0.364 e. The van der Waals surface area contributed by atoms with Gasteiger partial charge >= 0.3 is 0 Å². The molecule has 1 amide bonds. The first-order chi connectivity index (χ1) is 12.5. The average molecular weight is 353 g/mol. The fraction of sp³-hybridized carbons (Fsp3) is 0.409. The van der Waals surface area contributed by atoms with Crippen LogP contribution in [0, 0.1) is 0 Å². The van der Waals surface area contributed by atoms with Gasteiger partial charge in [0.15, 0.2) is 6.04 Å². The van der Waals surface area contributed by atoms with Gasteiger partial charge in [0, 0.05) is 0 Å². The first-order valence-electron chi connectivity index (χ1n) is 9.45. The minimum absolute atomic E-state index is 0.0824. The third-order valence-corrected chi connectivity index (χ3v) is 5.12. The maximum Gasteiger partial charge on any atom is 0.278 e. The molecule has 1 aliphatic rings. The van der Waals surface area contributed by atoms with Crippen LogP contribution in [0.25, 0.3) is 0 Å². The SMILES string of the molecule is C[C@H]1C[NH+]([C@@H](C)C(=O)NC(c2ccccc2)c2ccccc2)C[C@H](C)O1. The highest BCUT2D eigenvalue weighted by molar-refractivity contribution is 5.80. The summed E-state index contributed by atoms with van der Waals surface area (Å²) >= 11 is 0. The van der Waals surface area contributed by atoms with E-state index in [0.29, 0.717) is 0 Å². The lowest BCUT2D eigenvalue weighted by molar-refractivity contribution is -0.928. The van der Waals surface area contributed by atoms with Gasteiger partial charge in [-0.15, -0.1) is 0 Å². The molecule has 26 heavy (non-hydrogen) atoms. The number of nitrogens with one attached hydrogen (secondary N) is 2. The van der Waals surface area contributed by atoms with Crippen molar-refractivity contribution in [1.82, 2.24) is 5.32 Å². The molecule has 1 fully saturated rings. The lowest BCUT2D eigenvalue weighted by Gasteiger charge is -2.35. The first kappa shape index (κ1) is 18.6. The number of benzene rings is 2. The van der Waals surface area contributed by atoms with Crippen molar-refractivity contribution in [2.45, 2.75) is 45.1 Å². The molecule has 3 atom stereocenters. The molecule has 2 aromatic carbocycles. The van der Waals surface area contributed by atoms with Crippen molar-refractivity contribution in [3.63, 3.8) is 0 Å². The van der Waals surface area contributed by atoms with E-state index in [-0.39, 0.29) is 30.2 Å². The van der Waals surface area contributed by atoms with E-state index >= 15 is 0 Å². The van der Waals surface area contributed by atoms with E-state index in [9.17, 15) is 4.79 Å². The summed E-state index contributed by atoms with van der Waals surface area (Å²) in [4.78, 5) is 14.3. The zero-order valence-electron chi connectivity index (χ0n) is 15.8. The number of ether oxygens (including phenoxy) is 1. The second-order valence-corrected chi connectivity index (χ2v) is 7.31. The Balaban J connectivity index is 1.77. The summed E-state index contributed by atoms with van der Waals surface area (Å²) in [6, 6.07) is 20.0. The number of hydrogen-bond donors (Lipinski definition) is 2. The Labute approximate surface area is 156 Å². The number of morpholine rings is 1. The van der Waals surface area contributed by atoms with Gasteiger partial charge in [0.25, 0.3) is 5.91 Å². The molecule has 2 aromatic rings. The molecule has 138 valence electrons. The molecule has 0 unspecified atom stereocenters. The molecule has 4 nitrogen and oxygen atoms in total. The minimum atomic E-state index is -0.136. The molecule has 0 spiro atoms. The maximum atomic E-state index is 13.0. The number of hydrogen-bond acceptors (Lipinski definition) is 2. The van der Waals surface area contributed by atoms with Gasteiger partial charge in [0.2, 0.25) is 0 Å². The number of rotatable bonds is 5. The Morgan fingerprint density at radius 2 is 1.42 bits per heavy atom. The molecule has 1 saturated heterocycles. The summed E-state index contributed by atoms with van der Waals surface area (Å²) in [5, 5.41) is 3.28. The molecule has 0 radical (unpaired) electrons. The van der Waals surface area contributed by atoms with Crippen LogP contribution in [-0.4, -0.2) is 37.2 Å². The van der Waals surface area contributed by atoms with Gasteiger partial charge < -0.3 is 15.0 Å². The van der Waals surface area contributed by atoms with Crippen LogP contribution >= 0.6 is 0 Å². The third kappa shape index (κ3) is 4.51. The number of amides is 1. The van der Waals surface area contributed by atoms with E-state index in [1.165, 1.54) is 4.90 Å². The summed E-state index contributed by atoms with van der Waals surface area (Å²) in [6.45, 7) is 7.90. The Hall–Kier alpha value is -2.17. The van der Waals surface area contributed by atoms with Crippen molar-refractivity contribution in [1.29, 1.82) is 0 Å². The molecular weight excluding hydrogens is 324 g/mol. The van der Waals surface area contributed by atoms with E-state index in [4.69, 9.17) is 4.74 Å². The van der Waals surface area contributed by atoms with E-state index < -0.39 is 0 Å². The van der Waals surface area contributed by atoms with Crippen LogP contribution in [0.5, 0.6) is 0 Å². The van der Waals surface area contributed by atoms with Crippen LogP contribution < -0.4 is 10.2 Å². The standard InChI is InChI=1S/C22H28N2O2/c1-16-14-24(15-17(2)26-16)18(3)22(25)23-21(19-10-6-4-7-11-19)20-12-8-5-9-13-20/h4-13,16-18,21H,14-15H2,1-3H3,(H,23,25)/p+1/t16-,17-,18-/m0/s1. The lowest BCUT2D eigenvalue weighted by Crippen LogP contribution is -3.19. The van der Waals surface area contributed by atoms with E-state index in [0.717, 1.165) is 24.2 Å². The summed E-state index contributed by atoms with van der Waals surface area (Å²) in [6.07, 6.45) is 0.367. The number of carbonyl (C=O) groups excluding carboxylic acids is 1. The van der Waals surface area contributed by atoms with Crippen LogP contribution in [0.1, 0.15) is 37.9 Å². The smallest absolute Gasteiger partial charge is 0.278 e. The summed E-state index contributed by atoms with van der Waals surface area (Å²) in [7, 11) is 0. The highest BCUT2D eigenvalue weighted by Gasteiger charge is 2.34. The van der Waals surface area contributed by atoms with Gasteiger partial charge in [-0.05, 0) is 31.9 Å². The predicted octanol–water partition coefficient (Wildman–Crippen LogP) is 1.97. The fourth-order valence-corrected chi connectivity index (χ4v) is 3.77. The van der Waals surface area contributed by atoms with Crippen molar-refractivity contribution in [3.8, 4) is 0 Å². The second kappa shape index (κ2) is 8.47. The Bertz CT molecular complexity index is 655. The zero-order valence-corrected chi connectivity index (χ0v) is 15.8. The molecule has 1 heterocycles. The Kier molecular flexibility index (Phi) is 6.07. The minimum Gasteiger partial charge on any atom is -0.364 e. The summed E-state index contributed by atoms with van der Waals surface area (Å²) in [5.74, 6) is 0.0824. The number of carbonyl (C=O) groups is 1. The molecule has 0 bridgehead atoms. The Morgan fingerprint density at radius 1 is 0.962 bits per heavy atom. The quantitative estimate of drug-likeness (QED) is 0.863. The van der Waals surface area contributed by atoms with Crippen molar-refractivity contribution in [3.05, 3.63) is 71.8 Å². The van der Waals surface area contributed by atoms with Gasteiger partial charge in [-0.2, -0.15) is 0 Å². The highest BCUT2D eigenvalue weighted by Crippen LogP contribution is 2.21. The second-order valence-electron chi connectivity index (χ2n) is 7.31. The fourth-order valence-electron chi connectivity index (χ4n) is 3.77. The van der Waals surface area contributed by atoms with Crippen molar-refractivity contribution in [2.75, 3.05) is 13.1 Å². The van der Waals surface area contributed by atoms with Crippen molar-refractivity contribution in [2.24, 2.45) is 0 Å². The molecule has 0 aliphatic carbocycles. The van der Waals surface area contributed by atoms with Gasteiger partial charge in [-0.3, -0.25) is 4.79 Å². The van der Waals surface area contributed by atoms with Gasteiger partial charge in [0.1, 0.15) is 25.3 Å². The summed E-state index contributed by atoms with van der Waals surface area (Å²) in [5.41, 5.74) is 2.19. The average Bonchev–Trinajstić information content (AvgIpc) is 2.66. The van der Waals surface area contributed by atoms with Gasteiger partial charge in [-0.1, -0.05) is 60.7 Å². The van der Waals surface area contributed by atoms with Crippen LogP contribution in [-0.2, 0) is 9.53 Å². The summed E-state index contributed by atoms with van der Waals surface area (Å²) < 4.78 is 5.81. The molecule has 0 aromatic heterocycles. The number of quaternary nitrogens is 1. The highest BCUT2D eigenvalue weighted by atomic mass is 16.5. The first-order valence-corrected chi connectivity index (χ1v) is 9.45. The molecule has 4 heteroatoms. The van der Waals surface area contributed by atoms with Crippen molar-refractivity contribution >= 4 is 5.91 Å². The van der Waals surface area contributed by atoms with Gasteiger partial charge in [0.05, 0.1) is 6.04 Å². The van der Waals surface area contributed by atoms with E-state index in [1.54, 1.807) is 0 Å². The van der Waals surface area contributed by atoms with Crippen LogP contribution in [0.4, 0.5) is 0 Å². The van der Waals surface area contributed by atoms with Crippen LogP contribution in [0.3, 0.4) is 0 Å². The zero-order chi connectivity index (χ0) is 18.5. The van der Waals surface area contributed by atoms with Gasteiger partial charge in [-0.25, -0.2) is 0 Å². The Morgan fingerprint density at radius 3 is 1.88 bits per heavy atom. The van der Waals surface area contributed by atoms with E-state index in [2.05, 4.69) is 43.4 Å². The van der Waals surface area contributed by atoms with Crippen molar-refractivity contribution < 1.29 is 14.4 Å².